The van der Waals surface area contributed by atoms with Crippen molar-refractivity contribution in [3.8, 4) is 11.8 Å². The van der Waals surface area contributed by atoms with Crippen molar-refractivity contribution in [2.45, 2.75) is 32.2 Å². The Kier molecular flexibility index (Phi) is 5.65. The molecule has 5 nitrogen and oxygen atoms in total. The largest absolute Gasteiger partial charge is 0.487 e. The van der Waals surface area contributed by atoms with Gasteiger partial charge in [0, 0.05) is 17.1 Å². The molecule has 0 atom stereocenters. The fourth-order valence-electron chi connectivity index (χ4n) is 2.79. The number of pyridine rings is 1. The lowest BCUT2D eigenvalue weighted by Crippen LogP contribution is -2.42. The molecule has 0 radical (unpaired) electrons. The molecule has 8 heteroatoms. The molecule has 1 heterocycles. The highest BCUT2D eigenvalue weighted by molar-refractivity contribution is 6.04. The van der Waals surface area contributed by atoms with E-state index in [1.54, 1.807) is 38.1 Å². The Bertz CT molecular complexity index is 1120. The average molecular weight is 413 g/mol. The zero-order chi connectivity index (χ0) is 21.9. The molecular formula is C22H18F3N3O2. The Morgan fingerprint density at radius 1 is 1.13 bits per heavy atom. The predicted molar refractivity (Wildman–Crippen MR) is 105 cm³/mol. The summed E-state index contributed by atoms with van der Waals surface area (Å²) in [5.41, 5.74) is -1.44. The minimum atomic E-state index is -4.52. The lowest BCUT2D eigenvalue weighted by atomic mass is 10.0. The summed E-state index contributed by atoms with van der Waals surface area (Å²) in [7, 11) is 0. The second-order valence-electron chi connectivity index (χ2n) is 7.19. The topological polar surface area (TPSA) is 75.0 Å². The average Bonchev–Trinajstić information content (AvgIpc) is 2.71. The molecule has 0 aliphatic heterocycles. The van der Waals surface area contributed by atoms with E-state index in [4.69, 9.17) is 4.74 Å². The molecule has 0 bridgehead atoms. The van der Waals surface area contributed by atoms with Crippen molar-refractivity contribution in [2.24, 2.45) is 0 Å². The van der Waals surface area contributed by atoms with Gasteiger partial charge in [-0.05, 0) is 31.4 Å². The van der Waals surface area contributed by atoms with Crippen molar-refractivity contribution in [1.82, 2.24) is 10.3 Å². The number of rotatable bonds is 5. The number of carbonyl (C=O) groups excluding carboxylic acids is 1. The van der Waals surface area contributed by atoms with Crippen molar-refractivity contribution in [2.75, 3.05) is 0 Å². The standard InChI is InChI=1S/C22H18F3N3O2/c1-21(2,13-26)28-20(29)17-9-8-15-5-3-4-6-16(15)19(17)30-12-14-7-10-18(27-11-14)22(23,24)25/h3-11H,12H2,1-2H3,(H,28,29). The van der Waals surface area contributed by atoms with Gasteiger partial charge in [0.15, 0.2) is 0 Å². The number of benzene rings is 2. The summed E-state index contributed by atoms with van der Waals surface area (Å²) >= 11 is 0. The van der Waals surface area contributed by atoms with E-state index in [9.17, 15) is 23.2 Å². The van der Waals surface area contributed by atoms with Crippen LogP contribution in [0.3, 0.4) is 0 Å². The second kappa shape index (κ2) is 8.03. The number of hydrogen-bond donors (Lipinski definition) is 1. The molecular weight excluding hydrogens is 395 g/mol. The Balaban J connectivity index is 1.93. The number of halogens is 3. The number of alkyl halides is 3. The number of ether oxygens (including phenoxy) is 1. The van der Waals surface area contributed by atoms with Gasteiger partial charge in [-0.1, -0.05) is 36.4 Å². The van der Waals surface area contributed by atoms with Crippen molar-refractivity contribution >= 4 is 16.7 Å². The van der Waals surface area contributed by atoms with Crippen molar-refractivity contribution in [1.29, 1.82) is 5.26 Å². The molecule has 154 valence electrons. The van der Waals surface area contributed by atoms with Crippen LogP contribution in [0.2, 0.25) is 0 Å². The van der Waals surface area contributed by atoms with Crippen LogP contribution in [-0.2, 0) is 12.8 Å². The molecule has 1 aromatic heterocycles. The van der Waals surface area contributed by atoms with Crippen LogP contribution in [0.5, 0.6) is 5.75 Å². The van der Waals surface area contributed by atoms with Gasteiger partial charge in [0.2, 0.25) is 0 Å². The molecule has 1 amide bonds. The third-order valence-electron chi connectivity index (χ3n) is 4.33. The maximum Gasteiger partial charge on any atom is 0.433 e. The number of amides is 1. The highest BCUT2D eigenvalue weighted by Gasteiger charge is 2.32. The van der Waals surface area contributed by atoms with Gasteiger partial charge in [0.25, 0.3) is 5.91 Å². The van der Waals surface area contributed by atoms with Crippen LogP contribution >= 0.6 is 0 Å². The second-order valence-corrected chi connectivity index (χ2v) is 7.19. The normalized spacial score (nSPS) is 11.7. The smallest absolute Gasteiger partial charge is 0.433 e. The molecule has 3 aromatic rings. The summed E-state index contributed by atoms with van der Waals surface area (Å²) in [4.78, 5) is 16.2. The molecule has 0 unspecified atom stereocenters. The molecule has 0 saturated carbocycles. The summed E-state index contributed by atoms with van der Waals surface area (Å²) in [5, 5.41) is 13.3. The zero-order valence-corrected chi connectivity index (χ0v) is 16.2. The van der Waals surface area contributed by atoms with Crippen LogP contribution in [0.1, 0.15) is 35.5 Å². The van der Waals surface area contributed by atoms with E-state index in [-0.39, 0.29) is 17.9 Å². The SMILES string of the molecule is CC(C)(C#N)NC(=O)c1ccc2ccccc2c1OCc1ccc(C(F)(F)F)nc1. The first-order valence-electron chi connectivity index (χ1n) is 9.01. The summed E-state index contributed by atoms with van der Waals surface area (Å²) in [6.07, 6.45) is -3.43. The maximum atomic E-state index is 12.8. The summed E-state index contributed by atoms with van der Waals surface area (Å²) in [6, 6.07) is 14.8. The molecule has 0 aliphatic carbocycles. The first kappa shape index (κ1) is 21.1. The Morgan fingerprint density at radius 3 is 2.50 bits per heavy atom. The zero-order valence-electron chi connectivity index (χ0n) is 16.2. The van der Waals surface area contributed by atoms with Gasteiger partial charge < -0.3 is 10.1 Å². The molecule has 1 N–H and O–H groups in total. The number of nitriles is 1. The van der Waals surface area contributed by atoms with Crippen molar-refractivity contribution < 1.29 is 22.7 Å². The highest BCUT2D eigenvalue weighted by Crippen LogP contribution is 2.31. The molecule has 0 spiro atoms. The van der Waals surface area contributed by atoms with Crippen LogP contribution in [0.4, 0.5) is 13.2 Å². The third kappa shape index (κ3) is 4.69. The maximum absolute atomic E-state index is 12.8. The van der Waals surface area contributed by atoms with E-state index >= 15 is 0 Å². The lowest BCUT2D eigenvalue weighted by Gasteiger charge is -2.20. The number of nitrogens with one attached hydrogen (secondary N) is 1. The van der Waals surface area contributed by atoms with Gasteiger partial charge in [-0.15, -0.1) is 0 Å². The minimum Gasteiger partial charge on any atom is -0.487 e. The van der Waals surface area contributed by atoms with E-state index in [1.807, 2.05) is 18.2 Å². The number of carbonyl (C=O) groups is 1. The van der Waals surface area contributed by atoms with Crippen LogP contribution in [0.15, 0.2) is 54.7 Å². The Morgan fingerprint density at radius 2 is 1.87 bits per heavy atom. The quantitative estimate of drug-likeness (QED) is 0.648. The molecule has 0 saturated heterocycles. The minimum absolute atomic E-state index is 0.0823. The monoisotopic (exact) mass is 413 g/mol. The van der Waals surface area contributed by atoms with Crippen LogP contribution in [0.25, 0.3) is 10.8 Å². The summed E-state index contributed by atoms with van der Waals surface area (Å²) < 4.78 is 43.9. The van der Waals surface area contributed by atoms with Gasteiger partial charge in [0.1, 0.15) is 23.6 Å². The fourth-order valence-corrected chi connectivity index (χ4v) is 2.79. The molecule has 2 aromatic carbocycles. The van der Waals surface area contributed by atoms with Crippen LogP contribution in [0, 0.1) is 11.3 Å². The molecule has 0 aliphatic rings. The van der Waals surface area contributed by atoms with Crippen LogP contribution < -0.4 is 10.1 Å². The Hall–Kier alpha value is -3.60. The Labute approximate surface area is 171 Å². The van der Waals surface area contributed by atoms with Gasteiger partial charge in [-0.25, -0.2) is 0 Å². The first-order chi connectivity index (χ1) is 14.1. The van der Waals surface area contributed by atoms with E-state index in [0.29, 0.717) is 10.9 Å². The van der Waals surface area contributed by atoms with Gasteiger partial charge in [-0.2, -0.15) is 18.4 Å². The number of aromatic nitrogens is 1. The van der Waals surface area contributed by atoms with Gasteiger partial charge >= 0.3 is 6.18 Å². The van der Waals surface area contributed by atoms with Gasteiger partial charge in [-0.3, -0.25) is 9.78 Å². The van der Waals surface area contributed by atoms with Crippen molar-refractivity contribution in [3.63, 3.8) is 0 Å². The van der Waals surface area contributed by atoms with E-state index < -0.39 is 23.3 Å². The van der Waals surface area contributed by atoms with Crippen molar-refractivity contribution in [3.05, 3.63) is 71.5 Å². The lowest BCUT2D eigenvalue weighted by molar-refractivity contribution is -0.141. The predicted octanol–water partition coefficient (Wildman–Crippen LogP) is 4.86. The third-order valence-corrected chi connectivity index (χ3v) is 4.33. The van der Waals surface area contributed by atoms with E-state index in [1.165, 1.54) is 6.07 Å². The number of fused-ring (bicyclic) bond motifs is 1. The summed E-state index contributed by atoms with van der Waals surface area (Å²) in [6.45, 7) is 3.06. The highest BCUT2D eigenvalue weighted by atomic mass is 19.4. The molecule has 3 rings (SSSR count). The van der Waals surface area contributed by atoms with Gasteiger partial charge in [0.05, 0.1) is 11.6 Å². The van der Waals surface area contributed by atoms with E-state index in [2.05, 4.69) is 10.3 Å². The fraction of sp³-hybridized carbons (Fsp3) is 0.227. The molecule has 30 heavy (non-hydrogen) atoms. The number of hydrogen-bond acceptors (Lipinski definition) is 4. The summed E-state index contributed by atoms with van der Waals surface area (Å²) in [5.74, 6) is -0.216. The van der Waals surface area contributed by atoms with Crippen LogP contribution in [-0.4, -0.2) is 16.4 Å². The van der Waals surface area contributed by atoms with E-state index in [0.717, 1.165) is 17.6 Å². The first-order valence-corrected chi connectivity index (χ1v) is 9.01. The number of nitrogens with zero attached hydrogens (tertiary/aromatic N) is 2. The molecule has 0 fully saturated rings.